The average molecular weight is 588 g/mol. The maximum absolute atomic E-state index is 14.4. The maximum atomic E-state index is 14.4. The van der Waals surface area contributed by atoms with Gasteiger partial charge >= 0.3 is 6.09 Å². The maximum Gasteiger partial charge on any atom is 0.407 e. The molecule has 228 valence electrons. The van der Waals surface area contributed by atoms with Gasteiger partial charge in [-0.2, -0.15) is 0 Å². The summed E-state index contributed by atoms with van der Waals surface area (Å²) >= 11 is 0. The first kappa shape index (κ1) is 30.3. The molecule has 3 amide bonds. The van der Waals surface area contributed by atoms with Crippen LogP contribution in [0.1, 0.15) is 67.5 Å². The quantitative estimate of drug-likeness (QED) is 0.319. The summed E-state index contributed by atoms with van der Waals surface area (Å²) in [5.41, 5.74) is 1.82. The third-order valence-corrected chi connectivity index (χ3v) is 8.83. The zero-order valence-electron chi connectivity index (χ0n) is 24.7. The molecule has 1 aliphatic carbocycles. The van der Waals surface area contributed by atoms with Crippen LogP contribution in [0.4, 0.5) is 4.79 Å². The molecule has 2 heterocycles. The van der Waals surface area contributed by atoms with Gasteiger partial charge in [-0.25, -0.2) is 9.78 Å². The second kappa shape index (κ2) is 13.4. The molecule has 2 aromatic carbocycles. The average Bonchev–Trinajstić information content (AvgIpc) is 3.45. The molecular weight excluding hydrogens is 546 g/mol. The molecule has 0 spiro atoms. The van der Waals surface area contributed by atoms with Crippen LogP contribution in [0.3, 0.4) is 0 Å². The fourth-order valence-corrected chi connectivity index (χ4v) is 6.68. The van der Waals surface area contributed by atoms with Crippen molar-refractivity contribution in [2.45, 2.75) is 69.6 Å². The lowest BCUT2D eigenvalue weighted by molar-refractivity contribution is -0.119. The topological polar surface area (TPSA) is 128 Å². The van der Waals surface area contributed by atoms with Crippen LogP contribution in [0.25, 0.3) is 11.3 Å². The summed E-state index contributed by atoms with van der Waals surface area (Å²) in [5.74, 6) is -0.334. The third kappa shape index (κ3) is 6.91. The first-order chi connectivity index (χ1) is 20.8. The lowest BCUT2D eigenvalue weighted by Gasteiger charge is -2.42. The lowest BCUT2D eigenvalue weighted by Crippen LogP contribution is -2.57. The van der Waals surface area contributed by atoms with Crippen molar-refractivity contribution in [1.82, 2.24) is 24.7 Å². The second-order valence-corrected chi connectivity index (χ2v) is 11.7. The highest BCUT2D eigenvalue weighted by molar-refractivity contribution is 5.98. The molecule has 1 aliphatic heterocycles. The first-order valence-corrected chi connectivity index (χ1v) is 15.2. The SMILES string of the molecule is CC(=O)NCCCC1(O)CCCCC1n1cnc(C(=O)N2CCN(C(=O)O)C[C@H]2Cc2ccccc2)c1-c1ccccc1. The number of rotatable bonds is 9. The summed E-state index contributed by atoms with van der Waals surface area (Å²) < 4.78 is 1.99. The number of hydrogen-bond donors (Lipinski definition) is 3. The molecule has 1 aromatic heterocycles. The molecule has 2 unspecified atom stereocenters. The number of nitrogens with zero attached hydrogens (tertiary/aromatic N) is 4. The zero-order valence-corrected chi connectivity index (χ0v) is 24.7. The number of carbonyl (C=O) groups excluding carboxylic acids is 2. The minimum atomic E-state index is -1.01. The number of piperazine rings is 1. The van der Waals surface area contributed by atoms with E-state index in [1.54, 1.807) is 11.2 Å². The Morgan fingerprint density at radius 2 is 1.74 bits per heavy atom. The standard InChI is InChI=1S/C33H41N5O5/c1-24(39)34-18-10-17-33(43)16-9-8-15-28(33)38-23-35-29(30(38)26-13-6-3-7-14-26)31(40)37-20-19-36(32(41)42)22-27(37)21-25-11-4-2-5-12-25/h2-7,11-14,23,27-28,43H,8-10,15-22H2,1H3,(H,34,39)(H,41,42)/t27-,28?,33?/m1/s1. The number of aliphatic hydroxyl groups is 1. The summed E-state index contributed by atoms with van der Waals surface area (Å²) in [4.78, 5) is 45.5. The molecule has 2 fully saturated rings. The van der Waals surface area contributed by atoms with Crippen LogP contribution in [-0.4, -0.2) is 85.3 Å². The van der Waals surface area contributed by atoms with E-state index in [0.717, 1.165) is 30.4 Å². The van der Waals surface area contributed by atoms with E-state index in [9.17, 15) is 24.6 Å². The Bertz CT molecular complexity index is 1410. The minimum Gasteiger partial charge on any atom is -0.465 e. The summed E-state index contributed by atoms with van der Waals surface area (Å²) in [7, 11) is 0. The highest BCUT2D eigenvalue weighted by atomic mass is 16.4. The molecule has 1 saturated heterocycles. The number of carboxylic acid groups (broad SMARTS) is 1. The summed E-state index contributed by atoms with van der Waals surface area (Å²) in [6, 6.07) is 18.8. The van der Waals surface area contributed by atoms with Crippen molar-refractivity contribution in [3.05, 3.63) is 78.2 Å². The molecule has 43 heavy (non-hydrogen) atoms. The minimum absolute atomic E-state index is 0.0916. The molecule has 3 atom stereocenters. The van der Waals surface area contributed by atoms with Gasteiger partial charge in [0.15, 0.2) is 5.69 Å². The van der Waals surface area contributed by atoms with Crippen molar-refractivity contribution in [3.63, 3.8) is 0 Å². The van der Waals surface area contributed by atoms with Crippen LogP contribution in [0.2, 0.25) is 0 Å². The van der Waals surface area contributed by atoms with Gasteiger partial charge in [-0.05, 0) is 37.7 Å². The van der Waals surface area contributed by atoms with Crippen LogP contribution in [0.15, 0.2) is 67.0 Å². The Morgan fingerprint density at radius 3 is 2.44 bits per heavy atom. The number of amides is 3. The highest BCUT2D eigenvalue weighted by Crippen LogP contribution is 2.43. The van der Waals surface area contributed by atoms with Gasteiger partial charge in [0.2, 0.25) is 5.91 Å². The molecule has 0 radical (unpaired) electrons. The molecule has 2 aliphatic rings. The highest BCUT2D eigenvalue weighted by Gasteiger charge is 2.42. The normalized spacial score (nSPS) is 22.3. The number of imidazole rings is 1. The fraction of sp³-hybridized carbons (Fsp3) is 0.455. The number of aromatic nitrogens is 2. The summed E-state index contributed by atoms with van der Waals surface area (Å²) in [6.45, 7) is 2.69. The van der Waals surface area contributed by atoms with Gasteiger partial charge in [-0.15, -0.1) is 0 Å². The van der Waals surface area contributed by atoms with Crippen molar-refractivity contribution >= 4 is 17.9 Å². The Labute approximate surface area is 252 Å². The van der Waals surface area contributed by atoms with Gasteiger partial charge in [-0.3, -0.25) is 9.59 Å². The van der Waals surface area contributed by atoms with E-state index < -0.39 is 11.7 Å². The Balaban J connectivity index is 1.49. The second-order valence-electron chi connectivity index (χ2n) is 11.7. The number of hydrogen-bond acceptors (Lipinski definition) is 5. The van der Waals surface area contributed by atoms with E-state index in [0.29, 0.717) is 43.6 Å². The van der Waals surface area contributed by atoms with Gasteiger partial charge in [0.25, 0.3) is 5.91 Å². The molecule has 5 rings (SSSR count). The molecule has 1 saturated carbocycles. The van der Waals surface area contributed by atoms with Crippen molar-refractivity contribution in [2.24, 2.45) is 0 Å². The monoisotopic (exact) mass is 587 g/mol. The predicted octanol–water partition coefficient (Wildman–Crippen LogP) is 4.36. The smallest absolute Gasteiger partial charge is 0.407 e. The van der Waals surface area contributed by atoms with E-state index in [2.05, 4.69) is 5.32 Å². The zero-order chi connectivity index (χ0) is 30.4. The number of carbonyl (C=O) groups is 3. The van der Waals surface area contributed by atoms with Crippen LogP contribution in [0, 0.1) is 0 Å². The van der Waals surface area contributed by atoms with Crippen LogP contribution < -0.4 is 5.32 Å². The number of benzene rings is 2. The van der Waals surface area contributed by atoms with Crippen LogP contribution in [0.5, 0.6) is 0 Å². The van der Waals surface area contributed by atoms with Crippen molar-refractivity contribution in [2.75, 3.05) is 26.2 Å². The lowest BCUT2D eigenvalue weighted by atomic mass is 9.77. The first-order valence-electron chi connectivity index (χ1n) is 15.2. The molecule has 3 N–H and O–H groups in total. The number of nitrogens with one attached hydrogen (secondary N) is 1. The largest absolute Gasteiger partial charge is 0.465 e. The Morgan fingerprint density at radius 1 is 1.02 bits per heavy atom. The van der Waals surface area contributed by atoms with E-state index in [1.807, 2.05) is 65.2 Å². The summed E-state index contributed by atoms with van der Waals surface area (Å²) in [5, 5.41) is 24.5. The van der Waals surface area contributed by atoms with Gasteiger partial charge < -0.3 is 29.9 Å². The predicted molar refractivity (Wildman–Crippen MR) is 163 cm³/mol. The Kier molecular flexibility index (Phi) is 9.45. The fourth-order valence-electron chi connectivity index (χ4n) is 6.68. The van der Waals surface area contributed by atoms with Crippen molar-refractivity contribution in [3.8, 4) is 11.3 Å². The van der Waals surface area contributed by atoms with Crippen LogP contribution >= 0.6 is 0 Å². The van der Waals surface area contributed by atoms with Gasteiger partial charge in [-0.1, -0.05) is 73.5 Å². The van der Waals surface area contributed by atoms with Crippen molar-refractivity contribution < 1.29 is 24.6 Å². The van der Waals surface area contributed by atoms with Gasteiger partial charge in [0.1, 0.15) is 0 Å². The molecule has 10 nitrogen and oxygen atoms in total. The third-order valence-electron chi connectivity index (χ3n) is 8.83. The molecule has 0 bridgehead atoms. The van der Waals surface area contributed by atoms with E-state index in [-0.39, 0.29) is 43.5 Å². The molecule has 10 heteroatoms. The van der Waals surface area contributed by atoms with E-state index in [4.69, 9.17) is 4.98 Å². The Hall–Kier alpha value is -4.18. The molecule has 3 aromatic rings. The van der Waals surface area contributed by atoms with E-state index >= 15 is 0 Å². The van der Waals surface area contributed by atoms with Gasteiger partial charge in [0.05, 0.1) is 29.7 Å². The van der Waals surface area contributed by atoms with Gasteiger partial charge in [0, 0.05) is 38.7 Å². The molecular formula is C33H41N5O5. The van der Waals surface area contributed by atoms with Crippen molar-refractivity contribution in [1.29, 1.82) is 0 Å². The van der Waals surface area contributed by atoms with Crippen LogP contribution in [-0.2, 0) is 11.2 Å². The van der Waals surface area contributed by atoms with E-state index in [1.165, 1.54) is 11.8 Å². The summed E-state index contributed by atoms with van der Waals surface area (Å²) in [6.07, 6.45) is 5.60.